The molecule has 0 saturated heterocycles. The standard InChI is InChI=1S/3Li.2H2S.3H/h;;;2*1H2;;;/q3*+1;;;3*-1. The zero-order chi connectivity index (χ0) is 0. The molecule has 0 aliphatic rings. The minimum atomic E-state index is 0. The quantitative estimate of drug-likeness (QED) is 0.260. The Morgan fingerprint density at radius 1 is 0.600 bits per heavy atom. The fourth-order valence-corrected chi connectivity index (χ4v) is 0. The Bertz CT molecular complexity index is 12.5. The third kappa shape index (κ3) is 21.1. The van der Waals surface area contributed by atoms with Crippen LogP contribution >= 0.6 is 27.0 Å². The Kier molecular flexibility index (Phi) is 321. The molecule has 0 heterocycles. The zero-order valence-corrected chi connectivity index (χ0v) is 6.00. The van der Waals surface area contributed by atoms with Crippen molar-refractivity contribution in [2.24, 2.45) is 0 Å². The fourth-order valence-electron chi connectivity index (χ4n) is 0. The molecule has 22 valence electrons. The average Bonchev–Trinajstić information content (AvgIpc) is 0. The third-order valence-electron chi connectivity index (χ3n) is 0. The Labute approximate surface area is 87.1 Å². The van der Waals surface area contributed by atoms with Gasteiger partial charge in [-0.05, 0) is 0 Å². The van der Waals surface area contributed by atoms with Gasteiger partial charge in [0.2, 0.25) is 0 Å². The van der Waals surface area contributed by atoms with Gasteiger partial charge in [0.05, 0.1) is 0 Å². The first-order valence-electron chi connectivity index (χ1n) is 0. The Morgan fingerprint density at radius 3 is 0.600 bits per heavy atom. The molecular weight excluding hydrogens is 85.0 g/mol. The first-order valence-corrected chi connectivity index (χ1v) is 0. The van der Waals surface area contributed by atoms with Gasteiger partial charge in [0.15, 0.2) is 0 Å². The van der Waals surface area contributed by atoms with Gasteiger partial charge in [-0.2, -0.15) is 27.0 Å². The van der Waals surface area contributed by atoms with E-state index in [-0.39, 0.29) is 87.9 Å². The zero-order valence-electron chi connectivity index (χ0n) is 7.00. The van der Waals surface area contributed by atoms with E-state index in [1.54, 1.807) is 0 Å². The predicted molar refractivity (Wildman–Crippen MR) is 24.1 cm³/mol. The van der Waals surface area contributed by atoms with Gasteiger partial charge in [0.1, 0.15) is 0 Å². The van der Waals surface area contributed by atoms with Gasteiger partial charge >= 0.3 is 56.6 Å². The molecule has 0 unspecified atom stereocenters. The van der Waals surface area contributed by atoms with E-state index in [4.69, 9.17) is 0 Å². The fraction of sp³-hybridized carbons (Fsp3) is 0. The second kappa shape index (κ2) is 31.5. The second-order valence-corrected chi connectivity index (χ2v) is 0. The van der Waals surface area contributed by atoms with Crippen molar-refractivity contribution < 1.29 is 60.9 Å². The molecule has 0 aromatic carbocycles. The SMILES string of the molecule is S.S.[H-].[H-].[H-].[Li+].[Li+].[Li+]. The van der Waals surface area contributed by atoms with Gasteiger partial charge < -0.3 is 4.28 Å². The monoisotopic (exact) mass is 92.0 g/mol. The van der Waals surface area contributed by atoms with Crippen molar-refractivity contribution >= 4 is 27.0 Å². The maximum absolute atomic E-state index is 0. The maximum atomic E-state index is 0. The molecular formula is H7Li3S2. The summed E-state index contributed by atoms with van der Waals surface area (Å²) < 4.78 is 0. The van der Waals surface area contributed by atoms with E-state index >= 15 is 0 Å². The third-order valence-corrected chi connectivity index (χ3v) is 0. The smallest absolute Gasteiger partial charge is 1.00 e. The average molecular weight is 92.0 g/mol. The van der Waals surface area contributed by atoms with Crippen LogP contribution in [0.3, 0.4) is 0 Å². The van der Waals surface area contributed by atoms with Crippen LogP contribution in [0, 0.1) is 0 Å². The molecule has 0 aromatic heterocycles. The number of hydrogen-bond donors (Lipinski definition) is 0. The van der Waals surface area contributed by atoms with Crippen LogP contribution in [0.25, 0.3) is 0 Å². The molecule has 0 spiro atoms. The molecule has 0 aromatic rings. The molecule has 0 N–H and O–H groups in total. The molecule has 0 amide bonds. The van der Waals surface area contributed by atoms with Crippen molar-refractivity contribution in [2.75, 3.05) is 0 Å². The molecule has 0 bridgehead atoms. The van der Waals surface area contributed by atoms with Crippen LogP contribution in [0.1, 0.15) is 4.28 Å². The van der Waals surface area contributed by atoms with E-state index in [9.17, 15) is 0 Å². The molecule has 0 nitrogen and oxygen atoms in total. The summed E-state index contributed by atoms with van der Waals surface area (Å²) in [5, 5.41) is 0. The second-order valence-electron chi connectivity index (χ2n) is 0. The van der Waals surface area contributed by atoms with Crippen LogP contribution in [0.15, 0.2) is 0 Å². The van der Waals surface area contributed by atoms with Gasteiger partial charge in [0, 0.05) is 0 Å². The van der Waals surface area contributed by atoms with Crippen molar-refractivity contribution in [3.8, 4) is 0 Å². The normalized spacial score (nSPS) is 0. The first-order chi connectivity index (χ1) is 0. The number of hydrogen-bond acceptors (Lipinski definition) is 0. The summed E-state index contributed by atoms with van der Waals surface area (Å²) in [6, 6.07) is 0. The summed E-state index contributed by atoms with van der Waals surface area (Å²) in [5.41, 5.74) is 0. The van der Waals surface area contributed by atoms with E-state index in [0.717, 1.165) is 0 Å². The minimum Gasteiger partial charge on any atom is -1.00 e. The van der Waals surface area contributed by atoms with Crippen LogP contribution in [0.4, 0.5) is 0 Å². The molecule has 5 heavy (non-hydrogen) atoms. The van der Waals surface area contributed by atoms with E-state index in [1.165, 1.54) is 0 Å². The minimum absolute atomic E-state index is 0. The molecule has 5 heteroatoms. The summed E-state index contributed by atoms with van der Waals surface area (Å²) in [6.07, 6.45) is 0. The Hall–Kier alpha value is 2.49. The molecule has 0 saturated carbocycles. The Balaban J connectivity index is 0. The summed E-state index contributed by atoms with van der Waals surface area (Å²) >= 11 is 0. The molecule has 0 radical (unpaired) electrons. The van der Waals surface area contributed by atoms with Gasteiger partial charge in [-0.25, -0.2) is 0 Å². The molecule has 0 fully saturated rings. The summed E-state index contributed by atoms with van der Waals surface area (Å²) in [6.45, 7) is 0. The maximum Gasteiger partial charge on any atom is 1.00 e. The summed E-state index contributed by atoms with van der Waals surface area (Å²) in [7, 11) is 0. The van der Waals surface area contributed by atoms with Gasteiger partial charge in [-0.3, -0.25) is 0 Å². The van der Waals surface area contributed by atoms with E-state index < -0.39 is 0 Å². The van der Waals surface area contributed by atoms with Gasteiger partial charge in [0.25, 0.3) is 0 Å². The predicted octanol–water partition coefficient (Wildman–Crippen LogP) is -8.42. The molecule has 0 rings (SSSR count). The van der Waals surface area contributed by atoms with E-state index in [1.807, 2.05) is 0 Å². The van der Waals surface area contributed by atoms with E-state index in [2.05, 4.69) is 0 Å². The van der Waals surface area contributed by atoms with Crippen molar-refractivity contribution in [3.63, 3.8) is 0 Å². The van der Waals surface area contributed by atoms with Crippen LogP contribution in [-0.4, -0.2) is 0 Å². The van der Waals surface area contributed by atoms with Crippen LogP contribution in [-0.2, 0) is 0 Å². The van der Waals surface area contributed by atoms with E-state index in [0.29, 0.717) is 0 Å². The van der Waals surface area contributed by atoms with Crippen LogP contribution in [0.5, 0.6) is 0 Å². The number of rotatable bonds is 0. The topological polar surface area (TPSA) is 0 Å². The first kappa shape index (κ1) is 50.8. The van der Waals surface area contributed by atoms with Crippen molar-refractivity contribution in [1.29, 1.82) is 0 Å². The molecule has 0 atom stereocenters. The van der Waals surface area contributed by atoms with Crippen molar-refractivity contribution in [1.82, 2.24) is 0 Å². The van der Waals surface area contributed by atoms with Crippen molar-refractivity contribution in [2.45, 2.75) is 0 Å². The van der Waals surface area contributed by atoms with Crippen molar-refractivity contribution in [3.05, 3.63) is 0 Å². The molecule has 0 aliphatic heterocycles. The van der Waals surface area contributed by atoms with Crippen LogP contribution < -0.4 is 56.6 Å². The Morgan fingerprint density at radius 2 is 0.600 bits per heavy atom. The largest absolute Gasteiger partial charge is 1.00 e. The van der Waals surface area contributed by atoms with Gasteiger partial charge in [-0.15, -0.1) is 0 Å². The summed E-state index contributed by atoms with van der Waals surface area (Å²) in [5.74, 6) is 0. The van der Waals surface area contributed by atoms with Gasteiger partial charge in [-0.1, -0.05) is 0 Å². The molecule has 0 aliphatic carbocycles. The summed E-state index contributed by atoms with van der Waals surface area (Å²) in [4.78, 5) is 0. The van der Waals surface area contributed by atoms with Crippen LogP contribution in [0.2, 0.25) is 0 Å².